The summed E-state index contributed by atoms with van der Waals surface area (Å²) in [5.74, 6) is -0.118. The summed E-state index contributed by atoms with van der Waals surface area (Å²) in [6.45, 7) is 7.17. The van der Waals surface area contributed by atoms with Crippen LogP contribution in [0.15, 0.2) is 18.2 Å². The largest absolute Gasteiger partial charge is 0.369 e. The molecule has 2 nitrogen and oxygen atoms in total. The number of rotatable bonds is 5. The van der Waals surface area contributed by atoms with Gasteiger partial charge in [0.2, 0.25) is 0 Å². The number of hydrogen-bond acceptors (Lipinski definition) is 2. The van der Waals surface area contributed by atoms with Crippen LogP contribution in [0.5, 0.6) is 0 Å². The molecule has 1 atom stereocenters. The molecule has 0 aliphatic carbocycles. The monoisotopic (exact) mass is 278 g/mol. The highest BCUT2D eigenvalue weighted by Gasteiger charge is 2.18. The summed E-state index contributed by atoms with van der Waals surface area (Å²) < 4.78 is 13.9. The molecular formula is C17H27FN2. The van der Waals surface area contributed by atoms with Crippen LogP contribution >= 0.6 is 0 Å². The molecule has 0 aromatic heterocycles. The van der Waals surface area contributed by atoms with Crippen LogP contribution in [0, 0.1) is 5.82 Å². The first-order chi connectivity index (χ1) is 9.70. The fourth-order valence-corrected chi connectivity index (χ4v) is 2.97. The normalized spacial score (nSPS) is 19.9. The summed E-state index contributed by atoms with van der Waals surface area (Å²) in [6, 6.07) is 5.99. The fraction of sp³-hybridized carbons (Fsp3) is 0.647. The predicted octanol–water partition coefficient (Wildman–Crippen LogP) is 4.09. The summed E-state index contributed by atoms with van der Waals surface area (Å²) in [5.41, 5.74) is 2.09. The zero-order chi connectivity index (χ0) is 14.4. The third-order valence-electron chi connectivity index (χ3n) is 4.08. The van der Waals surface area contributed by atoms with Crippen LogP contribution in [-0.2, 0) is 6.54 Å². The van der Waals surface area contributed by atoms with Crippen molar-refractivity contribution in [3.63, 3.8) is 0 Å². The van der Waals surface area contributed by atoms with E-state index in [1.54, 1.807) is 12.1 Å². The van der Waals surface area contributed by atoms with Gasteiger partial charge in [0.25, 0.3) is 0 Å². The summed E-state index contributed by atoms with van der Waals surface area (Å²) in [6.07, 6.45) is 6.11. The molecule has 1 unspecified atom stereocenters. The molecule has 1 fully saturated rings. The summed E-state index contributed by atoms with van der Waals surface area (Å²) in [7, 11) is 0. The Hall–Kier alpha value is -1.09. The lowest BCUT2D eigenvalue weighted by molar-refractivity contribution is 0.601. The van der Waals surface area contributed by atoms with Gasteiger partial charge in [0, 0.05) is 24.8 Å². The van der Waals surface area contributed by atoms with Gasteiger partial charge in [-0.15, -0.1) is 0 Å². The average Bonchev–Trinajstić information content (AvgIpc) is 2.63. The van der Waals surface area contributed by atoms with Gasteiger partial charge in [0.05, 0.1) is 0 Å². The van der Waals surface area contributed by atoms with Crippen molar-refractivity contribution in [2.24, 2.45) is 0 Å². The highest BCUT2D eigenvalue weighted by molar-refractivity contribution is 5.50. The van der Waals surface area contributed by atoms with Crippen LogP contribution in [0.4, 0.5) is 10.1 Å². The third kappa shape index (κ3) is 4.20. The summed E-state index contributed by atoms with van der Waals surface area (Å²) in [5, 5.41) is 3.35. The molecule has 0 bridgehead atoms. The minimum atomic E-state index is -0.118. The number of anilines is 1. The minimum Gasteiger partial charge on any atom is -0.369 e. The Morgan fingerprint density at radius 3 is 2.90 bits per heavy atom. The second kappa shape index (κ2) is 7.63. The van der Waals surface area contributed by atoms with Gasteiger partial charge in [-0.1, -0.05) is 19.8 Å². The van der Waals surface area contributed by atoms with Gasteiger partial charge in [-0.2, -0.15) is 0 Å². The molecule has 0 radical (unpaired) electrons. The molecule has 1 heterocycles. The van der Waals surface area contributed by atoms with E-state index in [1.165, 1.54) is 25.7 Å². The first-order valence-electron chi connectivity index (χ1n) is 7.97. The number of nitrogens with zero attached hydrogens (tertiary/aromatic N) is 1. The van der Waals surface area contributed by atoms with Crippen molar-refractivity contribution in [1.29, 1.82) is 0 Å². The Kier molecular flexibility index (Phi) is 5.84. The SMILES string of the molecule is CCCNCc1cc(F)cc(N2CCCCCC2C)c1. The molecule has 0 spiro atoms. The topological polar surface area (TPSA) is 15.3 Å². The number of hydrogen-bond donors (Lipinski definition) is 1. The summed E-state index contributed by atoms with van der Waals surface area (Å²) in [4.78, 5) is 2.37. The molecule has 0 amide bonds. The van der Waals surface area contributed by atoms with Crippen molar-refractivity contribution in [2.75, 3.05) is 18.0 Å². The second-order valence-electron chi connectivity index (χ2n) is 5.89. The van der Waals surface area contributed by atoms with Crippen molar-refractivity contribution in [1.82, 2.24) is 5.32 Å². The van der Waals surface area contributed by atoms with Gasteiger partial charge in [-0.25, -0.2) is 4.39 Å². The van der Waals surface area contributed by atoms with E-state index in [1.807, 2.05) is 0 Å². The molecule has 1 aromatic rings. The Morgan fingerprint density at radius 1 is 1.25 bits per heavy atom. The quantitative estimate of drug-likeness (QED) is 0.816. The van der Waals surface area contributed by atoms with Crippen molar-refractivity contribution in [2.45, 2.75) is 58.5 Å². The maximum atomic E-state index is 13.9. The molecule has 0 saturated carbocycles. The smallest absolute Gasteiger partial charge is 0.125 e. The summed E-state index contributed by atoms with van der Waals surface area (Å²) >= 11 is 0. The van der Waals surface area contributed by atoms with Gasteiger partial charge in [-0.3, -0.25) is 0 Å². The molecule has 1 aromatic carbocycles. The number of nitrogens with one attached hydrogen (secondary N) is 1. The van der Waals surface area contributed by atoms with E-state index in [-0.39, 0.29) is 5.82 Å². The minimum absolute atomic E-state index is 0.118. The van der Waals surface area contributed by atoms with Crippen molar-refractivity contribution < 1.29 is 4.39 Å². The predicted molar refractivity (Wildman–Crippen MR) is 83.7 cm³/mol. The molecule has 112 valence electrons. The molecule has 3 heteroatoms. The Labute approximate surface area is 122 Å². The van der Waals surface area contributed by atoms with Gasteiger partial charge >= 0.3 is 0 Å². The van der Waals surface area contributed by atoms with E-state index in [0.717, 1.165) is 37.3 Å². The first-order valence-corrected chi connectivity index (χ1v) is 7.97. The lowest BCUT2D eigenvalue weighted by Gasteiger charge is -2.30. The van der Waals surface area contributed by atoms with Gasteiger partial charge in [0.15, 0.2) is 0 Å². The second-order valence-corrected chi connectivity index (χ2v) is 5.89. The first kappa shape index (κ1) is 15.3. The maximum Gasteiger partial charge on any atom is 0.125 e. The average molecular weight is 278 g/mol. The highest BCUT2D eigenvalue weighted by atomic mass is 19.1. The van der Waals surface area contributed by atoms with E-state index >= 15 is 0 Å². The Balaban J connectivity index is 2.13. The van der Waals surface area contributed by atoms with Crippen molar-refractivity contribution >= 4 is 5.69 Å². The van der Waals surface area contributed by atoms with Crippen molar-refractivity contribution in [3.8, 4) is 0 Å². The van der Waals surface area contributed by atoms with Crippen LogP contribution in [0.2, 0.25) is 0 Å². The molecule has 1 N–H and O–H groups in total. The van der Waals surface area contributed by atoms with E-state index in [4.69, 9.17) is 0 Å². The fourth-order valence-electron chi connectivity index (χ4n) is 2.97. The van der Waals surface area contributed by atoms with Gasteiger partial charge in [0.1, 0.15) is 5.82 Å². The van der Waals surface area contributed by atoms with Gasteiger partial charge < -0.3 is 10.2 Å². The van der Waals surface area contributed by atoms with Gasteiger partial charge in [-0.05, 0) is 56.5 Å². The molecular weight excluding hydrogens is 251 g/mol. The molecule has 1 aliphatic heterocycles. The lowest BCUT2D eigenvalue weighted by atomic mass is 10.1. The Morgan fingerprint density at radius 2 is 2.10 bits per heavy atom. The molecule has 1 aliphatic rings. The molecule has 2 rings (SSSR count). The Bertz CT molecular complexity index is 419. The van der Waals surface area contributed by atoms with E-state index in [2.05, 4.69) is 30.1 Å². The standard InChI is InChI=1S/C17H27FN2/c1-3-8-19-13-15-10-16(18)12-17(11-15)20-9-6-4-5-7-14(20)2/h10-12,14,19H,3-9,13H2,1-2H3. The lowest BCUT2D eigenvalue weighted by Crippen LogP contribution is -2.32. The van der Waals surface area contributed by atoms with E-state index < -0.39 is 0 Å². The van der Waals surface area contributed by atoms with E-state index in [9.17, 15) is 4.39 Å². The number of benzene rings is 1. The third-order valence-corrected chi connectivity index (χ3v) is 4.08. The van der Waals surface area contributed by atoms with Crippen LogP contribution < -0.4 is 10.2 Å². The van der Waals surface area contributed by atoms with Crippen LogP contribution in [0.25, 0.3) is 0 Å². The van der Waals surface area contributed by atoms with E-state index in [0.29, 0.717) is 6.04 Å². The molecule has 1 saturated heterocycles. The van der Waals surface area contributed by atoms with Crippen molar-refractivity contribution in [3.05, 3.63) is 29.6 Å². The van der Waals surface area contributed by atoms with Crippen LogP contribution in [0.1, 0.15) is 51.5 Å². The van der Waals surface area contributed by atoms with Crippen LogP contribution in [-0.4, -0.2) is 19.1 Å². The zero-order valence-corrected chi connectivity index (χ0v) is 12.8. The highest BCUT2D eigenvalue weighted by Crippen LogP contribution is 2.26. The van der Waals surface area contributed by atoms with Crippen LogP contribution in [0.3, 0.4) is 0 Å². The maximum absolute atomic E-state index is 13.9. The molecule has 20 heavy (non-hydrogen) atoms. The number of halogens is 1. The zero-order valence-electron chi connectivity index (χ0n) is 12.8.